The van der Waals surface area contributed by atoms with Crippen molar-refractivity contribution in [2.75, 3.05) is 18.8 Å². The number of likely N-dealkylation sites (N-methyl/N-ethyl adjacent to an activating group) is 1. The minimum atomic E-state index is -3.81. The predicted octanol–water partition coefficient (Wildman–Crippen LogP) is 3.47. The first-order chi connectivity index (χ1) is 14.8. The largest absolute Gasteiger partial charge is 0.444 e. The molecule has 3 aromatic carbocycles. The Hall–Kier alpha value is -3.65. The van der Waals surface area contributed by atoms with E-state index in [4.69, 9.17) is 4.74 Å². The average molecular weight is 439 g/mol. The molecule has 1 unspecified atom stereocenters. The van der Waals surface area contributed by atoms with Gasteiger partial charge < -0.3 is 9.64 Å². The van der Waals surface area contributed by atoms with Crippen molar-refractivity contribution in [1.29, 1.82) is 0 Å². The molecular formula is C23H22N2O5S. The molecule has 8 heteroatoms. The number of ether oxygens (including phenoxy) is 1. The van der Waals surface area contributed by atoms with Gasteiger partial charge in [0.05, 0.1) is 10.5 Å². The molecule has 0 saturated heterocycles. The van der Waals surface area contributed by atoms with Gasteiger partial charge in [0.1, 0.15) is 0 Å². The molecule has 7 nitrogen and oxygen atoms in total. The van der Waals surface area contributed by atoms with Crippen LogP contribution in [-0.4, -0.2) is 39.3 Å². The Morgan fingerprint density at radius 3 is 1.94 bits per heavy atom. The van der Waals surface area contributed by atoms with E-state index in [1.54, 1.807) is 74.8 Å². The van der Waals surface area contributed by atoms with Crippen molar-refractivity contribution in [1.82, 2.24) is 4.90 Å². The van der Waals surface area contributed by atoms with Gasteiger partial charge in [-0.05, 0) is 36.4 Å². The van der Waals surface area contributed by atoms with Gasteiger partial charge in [0.15, 0.2) is 0 Å². The molecule has 1 N–H and O–H groups in total. The van der Waals surface area contributed by atoms with Gasteiger partial charge in [-0.15, -0.1) is 0 Å². The van der Waals surface area contributed by atoms with Crippen LogP contribution >= 0.6 is 0 Å². The summed E-state index contributed by atoms with van der Waals surface area (Å²) in [5.41, 5.74) is 1.10. The van der Waals surface area contributed by atoms with E-state index in [0.29, 0.717) is 11.3 Å². The fourth-order valence-corrected chi connectivity index (χ4v) is 3.85. The molecule has 0 aliphatic heterocycles. The number of nitrogens with zero attached hydrogens (tertiary/aromatic N) is 1. The molecule has 160 valence electrons. The molecule has 0 heterocycles. The first-order valence-corrected chi connectivity index (χ1v) is 10.9. The van der Waals surface area contributed by atoms with Crippen molar-refractivity contribution in [3.8, 4) is 0 Å². The first-order valence-electron chi connectivity index (χ1n) is 9.43. The third-order valence-corrected chi connectivity index (χ3v) is 5.82. The normalized spacial score (nSPS) is 11.9. The molecule has 1 atom stereocenters. The second-order valence-electron chi connectivity index (χ2n) is 6.92. The number of benzene rings is 3. The van der Waals surface area contributed by atoms with Gasteiger partial charge in [0, 0.05) is 25.3 Å². The zero-order valence-electron chi connectivity index (χ0n) is 17.1. The zero-order chi connectivity index (χ0) is 22.4. The summed E-state index contributed by atoms with van der Waals surface area (Å²) in [5, 5.41) is 0. The van der Waals surface area contributed by atoms with Gasteiger partial charge in [-0.3, -0.25) is 9.52 Å². The number of hydrogen-bond donors (Lipinski definition) is 1. The van der Waals surface area contributed by atoms with Gasteiger partial charge in [-0.25, -0.2) is 13.2 Å². The van der Waals surface area contributed by atoms with Crippen molar-refractivity contribution >= 4 is 27.6 Å². The summed E-state index contributed by atoms with van der Waals surface area (Å²) in [6.07, 6.45) is -1.10. The van der Waals surface area contributed by atoms with Crippen LogP contribution in [0.2, 0.25) is 0 Å². The molecule has 0 aliphatic carbocycles. The summed E-state index contributed by atoms with van der Waals surface area (Å²) >= 11 is 0. The smallest absolute Gasteiger partial charge is 0.339 e. The molecule has 0 fully saturated rings. The van der Waals surface area contributed by atoms with Gasteiger partial charge in [0.25, 0.3) is 15.9 Å². The maximum atomic E-state index is 12.6. The van der Waals surface area contributed by atoms with Crippen molar-refractivity contribution in [3.63, 3.8) is 0 Å². The van der Waals surface area contributed by atoms with Crippen molar-refractivity contribution in [2.24, 2.45) is 0 Å². The standard InChI is InChI=1S/C23H22N2O5S/c1-25(2)22(26)21(17-9-5-3-6-10-17)30-23(27)18-13-15-20(16-14-18)31(28,29)24-19-11-7-4-8-12-19/h3-16,21,24H,1-2H3. The Morgan fingerprint density at radius 1 is 0.839 bits per heavy atom. The number of hydrogen-bond acceptors (Lipinski definition) is 5. The summed E-state index contributed by atoms with van der Waals surface area (Å²) in [5.74, 6) is -1.12. The van der Waals surface area contributed by atoms with Crippen LogP contribution in [0.1, 0.15) is 22.0 Å². The first kappa shape index (κ1) is 22.0. The van der Waals surface area contributed by atoms with E-state index >= 15 is 0 Å². The topological polar surface area (TPSA) is 92.8 Å². The second kappa shape index (κ2) is 9.44. The average Bonchev–Trinajstić information content (AvgIpc) is 2.78. The lowest BCUT2D eigenvalue weighted by atomic mass is 10.1. The summed E-state index contributed by atoms with van der Waals surface area (Å²) < 4.78 is 33.0. The number of esters is 1. The Morgan fingerprint density at radius 2 is 1.39 bits per heavy atom. The molecular weight excluding hydrogens is 416 g/mol. The zero-order valence-corrected chi connectivity index (χ0v) is 17.9. The maximum Gasteiger partial charge on any atom is 0.339 e. The molecule has 0 spiro atoms. The molecule has 0 bridgehead atoms. The van der Waals surface area contributed by atoms with E-state index in [1.165, 1.54) is 29.2 Å². The molecule has 0 aromatic heterocycles. The number of rotatable bonds is 7. The Labute approximate surface area is 181 Å². The highest BCUT2D eigenvalue weighted by atomic mass is 32.2. The Balaban J connectivity index is 1.78. The van der Waals surface area contributed by atoms with Crippen LogP contribution in [-0.2, 0) is 19.6 Å². The highest BCUT2D eigenvalue weighted by molar-refractivity contribution is 7.92. The highest BCUT2D eigenvalue weighted by Crippen LogP contribution is 2.22. The van der Waals surface area contributed by atoms with Gasteiger partial charge in [-0.1, -0.05) is 48.5 Å². The highest BCUT2D eigenvalue weighted by Gasteiger charge is 2.27. The number of sulfonamides is 1. The Bertz CT molecular complexity index is 1150. The van der Waals surface area contributed by atoms with Gasteiger partial charge in [-0.2, -0.15) is 0 Å². The number of anilines is 1. The number of carbonyl (C=O) groups is 2. The van der Waals surface area contributed by atoms with Crippen LogP contribution in [0.5, 0.6) is 0 Å². The van der Waals surface area contributed by atoms with E-state index in [9.17, 15) is 18.0 Å². The van der Waals surface area contributed by atoms with Crippen LogP contribution in [0.3, 0.4) is 0 Å². The molecule has 0 radical (unpaired) electrons. The third kappa shape index (κ3) is 5.49. The lowest BCUT2D eigenvalue weighted by Gasteiger charge is -2.21. The molecule has 0 aliphatic rings. The number of amides is 1. The van der Waals surface area contributed by atoms with E-state index < -0.39 is 22.1 Å². The summed E-state index contributed by atoms with van der Waals surface area (Å²) in [6.45, 7) is 0. The second-order valence-corrected chi connectivity index (χ2v) is 8.61. The predicted molar refractivity (Wildman–Crippen MR) is 117 cm³/mol. The van der Waals surface area contributed by atoms with Gasteiger partial charge >= 0.3 is 5.97 Å². The minimum Gasteiger partial charge on any atom is -0.444 e. The van der Waals surface area contributed by atoms with E-state index in [-0.39, 0.29) is 16.4 Å². The van der Waals surface area contributed by atoms with E-state index in [2.05, 4.69) is 4.72 Å². The molecule has 3 rings (SSSR count). The lowest BCUT2D eigenvalue weighted by molar-refractivity contribution is -0.138. The Kier molecular flexibility index (Phi) is 6.71. The van der Waals surface area contributed by atoms with Crippen molar-refractivity contribution < 1.29 is 22.7 Å². The van der Waals surface area contributed by atoms with E-state index in [0.717, 1.165) is 0 Å². The molecule has 3 aromatic rings. The monoisotopic (exact) mass is 438 g/mol. The number of para-hydroxylation sites is 1. The summed E-state index contributed by atoms with van der Waals surface area (Å²) in [7, 11) is -0.660. The van der Waals surface area contributed by atoms with Crippen LogP contribution in [0.15, 0.2) is 89.8 Å². The van der Waals surface area contributed by atoms with Crippen molar-refractivity contribution in [2.45, 2.75) is 11.0 Å². The lowest BCUT2D eigenvalue weighted by Crippen LogP contribution is -2.31. The summed E-state index contributed by atoms with van der Waals surface area (Å²) in [6, 6.07) is 22.5. The molecule has 31 heavy (non-hydrogen) atoms. The van der Waals surface area contributed by atoms with Crippen LogP contribution in [0, 0.1) is 0 Å². The van der Waals surface area contributed by atoms with Gasteiger partial charge in [0.2, 0.25) is 6.10 Å². The quantitative estimate of drug-likeness (QED) is 0.570. The third-order valence-electron chi connectivity index (χ3n) is 4.42. The van der Waals surface area contributed by atoms with Crippen LogP contribution < -0.4 is 4.72 Å². The maximum absolute atomic E-state index is 12.6. The van der Waals surface area contributed by atoms with Crippen LogP contribution in [0.4, 0.5) is 5.69 Å². The fraction of sp³-hybridized carbons (Fsp3) is 0.130. The molecule has 1 amide bonds. The fourth-order valence-electron chi connectivity index (χ4n) is 2.79. The van der Waals surface area contributed by atoms with Crippen molar-refractivity contribution in [3.05, 3.63) is 96.1 Å². The van der Waals surface area contributed by atoms with Crippen LogP contribution in [0.25, 0.3) is 0 Å². The number of carbonyl (C=O) groups excluding carboxylic acids is 2. The summed E-state index contributed by atoms with van der Waals surface area (Å²) in [4.78, 5) is 26.5. The number of nitrogens with one attached hydrogen (secondary N) is 1. The minimum absolute atomic E-state index is 0.00289. The SMILES string of the molecule is CN(C)C(=O)C(OC(=O)c1ccc(S(=O)(=O)Nc2ccccc2)cc1)c1ccccc1. The van der Waals surface area contributed by atoms with E-state index in [1.807, 2.05) is 0 Å². The molecule has 0 saturated carbocycles.